The quantitative estimate of drug-likeness (QED) is 0.304. The van der Waals surface area contributed by atoms with Crippen LogP contribution in [0.1, 0.15) is 30.9 Å². The number of alkyl halides is 3. The van der Waals surface area contributed by atoms with Gasteiger partial charge in [-0.1, -0.05) is 12.1 Å². The normalized spacial score (nSPS) is 15.6. The van der Waals surface area contributed by atoms with E-state index in [1.807, 2.05) is 12.3 Å². The number of hydrogen-bond acceptors (Lipinski definition) is 8. The number of aliphatic hydroxyl groups is 1. The van der Waals surface area contributed by atoms with Gasteiger partial charge in [-0.3, -0.25) is 4.68 Å². The molecule has 16 heteroatoms. The van der Waals surface area contributed by atoms with Gasteiger partial charge in [-0.25, -0.2) is 23.2 Å². The largest absolute Gasteiger partial charge is 0.490 e. The Bertz CT molecular complexity index is 1670. The first-order valence-electron chi connectivity index (χ1n) is 12.2. The molecule has 0 saturated carbocycles. The highest BCUT2D eigenvalue weighted by Gasteiger charge is 2.38. The Hall–Kier alpha value is -4.33. The standard InChI is InChI=1S/C23H23N7O3S.C2HF3O2/c24-8-4-21(30-14-17(13-28-30)22-20-5-9-25-23(20)27-15-26-22)16-2-1-3-19(12-16)34(32,33)29-10-6-18(31)7-11-29;3-2(4,5)1(6)7/h1-3,5,9,12-15,18,21,31H,4,6-7,10-11H2,(H,25,26,27);(H,6,7). The van der Waals surface area contributed by atoms with Crippen LogP contribution in [0.3, 0.4) is 0 Å². The van der Waals surface area contributed by atoms with Gasteiger partial charge in [0.25, 0.3) is 0 Å². The number of carbonyl (C=O) groups is 1. The summed E-state index contributed by atoms with van der Waals surface area (Å²) >= 11 is 0. The molecular formula is C25H24F3N7O5S. The van der Waals surface area contributed by atoms with Gasteiger partial charge >= 0.3 is 12.1 Å². The number of aliphatic carboxylic acids is 1. The SMILES string of the molecule is N#CCC(c1cccc(S(=O)(=O)N2CCC(O)CC2)c1)n1cc(-c2ncnc3[nH]ccc23)cn1.O=C(O)C(F)(F)F. The van der Waals surface area contributed by atoms with Gasteiger partial charge in [0, 0.05) is 36.4 Å². The maximum atomic E-state index is 13.2. The third kappa shape index (κ3) is 6.70. The summed E-state index contributed by atoms with van der Waals surface area (Å²) in [5.41, 5.74) is 2.88. The second-order valence-corrected chi connectivity index (χ2v) is 11.0. The fraction of sp³-hybridized carbons (Fsp3) is 0.320. The number of nitrogens with zero attached hydrogens (tertiary/aromatic N) is 6. The number of aliphatic hydroxyl groups excluding tert-OH is 1. The fourth-order valence-electron chi connectivity index (χ4n) is 4.30. The van der Waals surface area contributed by atoms with E-state index in [0.29, 0.717) is 18.4 Å². The number of aromatic amines is 1. The molecule has 0 radical (unpaired) electrons. The molecule has 1 unspecified atom stereocenters. The Balaban J connectivity index is 0.000000493. The number of nitriles is 1. The molecule has 12 nitrogen and oxygen atoms in total. The molecule has 0 amide bonds. The van der Waals surface area contributed by atoms with Crippen molar-refractivity contribution in [1.82, 2.24) is 29.0 Å². The Morgan fingerprint density at radius 2 is 1.93 bits per heavy atom. The van der Waals surface area contributed by atoms with Crippen molar-refractivity contribution >= 4 is 27.0 Å². The predicted molar refractivity (Wildman–Crippen MR) is 138 cm³/mol. The van der Waals surface area contributed by atoms with E-state index in [0.717, 1.165) is 22.3 Å². The van der Waals surface area contributed by atoms with E-state index < -0.39 is 34.3 Å². The number of benzene rings is 1. The second-order valence-electron chi connectivity index (χ2n) is 9.06. The molecule has 3 N–H and O–H groups in total. The molecule has 0 bridgehead atoms. The molecule has 1 saturated heterocycles. The first-order valence-corrected chi connectivity index (χ1v) is 13.6. The summed E-state index contributed by atoms with van der Waals surface area (Å²) < 4.78 is 61.2. The van der Waals surface area contributed by atoms with Gasteiger partial charge in [-0.15, -0.1) is 0 Å². The van der Waals surface area contributed by atoms with E-state index in [2.05, 4.69) is 26.1 Å². The molecule has 5 rings (SSSR count). The van der Waals surface area contributed by atoms with Gasteiger partial charge in [0.1, 0.15) is 12.0 Å². The lowest BCUT2D eigenvalue weighted by Crippen LogP contribution is -2.40. The average Bonchev–Trinajstić information content (AvgIpc) is 3.62. The van der Waals surface area contributed by atoms with Gasteiger partial charge in [-0.2, -0.15) is 27.8 Å². The summed E-state index contributed by atoms with van der Waals surface area (Å²) in [5.74, 6) is -2.76. The van der Waals surface area contributed by atoms with Crippen LogP contribution in [-0.2, 0) is 14.8 Å². The van der Waals surface area contributed by atoms with Crippen LogP contribution in [-0.4, -0.2) is 79.0 Å². The summed E-state index contributed by atoms with van der Waals surface area (Å²) in [6.07, 6.45) is 2.17. The monoisotopic (exact) mass is 591 g/mol. The first kappa shape index (κ1) is 29.6. The molecule has 1 aromatic carbocycles. The molecule has 1 aliphatic heterocycles. The Morgan fingerprint density at radius 3 is 2.59 bits per heavy atom. The Labute approximate surface area is 231 Å². The zero-order chi connectivity index (χ0) is 29.8. The lowest BCUT2D eigenvalue weighted by Gasteiger charge is -2.29. The van der Waals surface area contributed by atoms with Crippen molar-refractivity contribution in [2.24, 2.45) is 0 Å². The number of hydrogen-bond donors (Lipinski definition) is 3. The van der Waals surface area contributed by atoms with Crippen molar-refractivity contribution in [3.63, 3.8) is 0 Å². The number of piperidine rings is 1. The number of sulfonamides is 1. The van der Waals surface area contributed by atoms with Crippen molar-refractivity contribution in [2.45, 2.75) is 42.5 Å². The number of halogens is 3. The number of rotatable bonds is 6. The highest BCUT2D eigenvalue weighted by atomic mass is 32.2. The van der Waals surface area contributed by atoms with Gasteiger partial charge in [-0.05, 0) is 36.6 Å². The lowest BCUT2D eigenvalue weighted by molar-refractivity contribution is -0.192. The lowest BCUT2D eigenvalue weighted by atomic mass is 10.0. The number of carboxylic acid groups (broad SMARTS) is 1. The van der Waals surface area contributed by atoms with E-state index in [4.69, 9.17) is 9.90 Å². The zero-order valence-electron chi connectivity index (χ0n) is 21.2. The third-order valence-corrected chi connectivity index (χ3v) is 8.27. The highest BCUT2D eigenvalue weighted by molar-refractivity contribution is 7.89. The Morgan fingerprint density at radius 1 is 1.22 bits per heavy atom. The smallest absolute Gasteiger partial charge is 0.475 e. The van der Waals surface area contributed by atoms with Crippen LogP contribution in [0, 0.1) is 11.3 Å². The van der Waals surface area contributed by atoms with Gasteiger partial charge < -0.3 is 15.2 Å². The second kappa shape index (κ2) is 12.0. The van der Waals surface area contributed by atoms with Crippen LogP contribution in [0.5, 0.6) is 0 Å². The highest BCUT2D eigenvalue weighted by Crippen LogP contribution is 2.30. The summed E-state index contributed by atoms with van der Waals surface area (Å²) in [6.45, 7) is 0.564. The molecule has 41 heavy (non-hydrogen) atoms. The molecule has 0 spiro atoms. The number of H-pyrrole nitrogens is 1. The summed E-state index contributed by atoms with van der Waals surface area (Å²) in [7, 11) is -3.71. The number of carboxylic acids is 1. The van der Waals surface area contributed by atoms with Crippen LogP contribution in [0.15, 0.2) is 60.1 Å². The van der Waals surface area contributed by atoms with E-state index in [1.54, 1.807) is 41.3 Å². The Kier molecular flexibility index (Phi) is 8.71. The maximum absolute atomic E-state index is 13.2. The van der Waals surface area contributed by atoms with E-state index >= 15 is 0 Å². The molecule has 0 aliphatic carbocycles. The fourth-order valence-corrected chi connectivity index (χ4v) is 5.82. The van der Waals surface area contributed by atoms with Gasteiger partial charge in [0.2, 0.25) is 10.0 Å². The summed E-state index contributed by atoms with van der Waals surface area (Å²) in [6, 6.07) is 10.3. The molecule has 216 valence electrons. The molecular weight excluding hydrogens is 567 g/mol. The maximum Gasteiger partial charge on any atom is 0.490 e. The average molecular weight is 592 g/mol. The van der Waals surface area contributed by atoms with Crippen molar-refractivity contribution in [3.05, 3.63) is 60.8 Å². The number of nitrogens with one attached hydrogen (secondary N) is 1. The topological polar surface area (TPSA) is 178 Å². The molecule has 3 aromatic heterocycles. The van der Waals surface area contributed by atoms with Crippen molar-refractivity contribution < 1.29 is 36.6 Å². The van der Waals surface area contributed by atoms with Gasteiger partial charge in [0.15, 0.2) is 0 Å². The zero-order valence-corrected chi connectivity index (χ0v) is 22.0. The predicted octanol–water partition coefficient (Wildman–Crippen LogP) is 3.10. The van der Waals surface area contributed by atoms with Crippen molar-refractivity contribution in [3.8, 4) is 17.3 Å². The molecule has 4 heterocycles. The minimum absolute atomic E-state index is 0.115. The molecule has 4 aromatic rings. The molecule has 1 atom stereocenters. The molecule has 1 fully saturated rings. The number of aromatic nitrogens is 5. The van der Waals surface area contributed by atoms with E-state index in [1.165, 1.54) is 10.6 Å². The van der Waals surface area contributed by atoms with E-state index in [-0.39, 0.29) is 24.4 Å². The van der Waals surface area contributed by atoms with Crippen LogP contribution < -0.4 is 0 Å². The van der Waals surface area contributed by atoms with Crippen LogP contribution in [0.2, 0.25) is 0 Å². The van der Waals surface area contributed by atoms with E-state index in [9.17, 15) is 32.0 Å². The number of fused-ring (bicyclic) bond motifs is 1. The van der Waals surface area contributed by atoms with Crippen LogP contribution in [0.4, 0.5) is 13.2 Å². The molecule has 1 aliphatic rings. The third-order valence-electron chi connectivity index (χ3n) is 6.38. The summed E-state index contributed by atoms with van der Waals surface area (Å²) in [5, 5.41) is 31.7. The van der Waals surface area contributed by atoms with Crippen LogP contribution >= 0.6 is 0 Å². The van der Waals surface area contributed by atoms with Crippen LogP contribution in [0.25, 0.3) is 22.3 Å². The minimum Gasteiger partial charge on any atom is -0.475 e. The van der Waals surface area contributed by atoms with Crippen molar-refractivity contribution in [1.29, 1.82) is 5.26 Å². The summed E-state index contributed by atoms with van der Waals surface area (Å²) in [4.78, 5) is 20.7. The van der Waals surface area contributed by atoms with Crippen molar-refractivity contribution in [2.75, 3.05) is 13.1 Å². The minimum atomic E-state index is -5.08. The van der Waals surface area contributed by atoms with Gasteiger partial charge in [0.05, 0.1) is 41.4 Å². The first-order chi connectivity index (χ1) is 19.4.